The highest BCUT2D eigenvalue weighted by molar-refractivity contribution is 5.85. The van der Waals surface area contributed by atoms with E-state index < -0.39 is 12.1 Å². The lowest BCUT2D eigenvalue weighted by molar-refractivity contribution is -0.125. The molecule has 0 saturated heterocycles. The van der Waals surface area contributed by atoms with Crippen molar-refractivity contribution >= 4 is 5.78 Å². The topological polar surface area (TPSA) is 63.3 Å². The Morgan fingerprint density at radius 2 is 1.80 bits per heavy atom. The van der Waals surface area contributed by atoms with Gasteiger partial charge in [-0.05, 0) is 6.92 Å². The minimum atomic E-state index is -0.741. The van der Waals surface area contributed by atoms with Gasteiger partial charge in [0.15, 0.2) is 5.78 Å². The van der Waals surface area contributed by atoms with Crippen LogP contribution in [0.2, 0.25) is 0 Å². The third-order valence-electron chi connectivity index (χ3n) is 1.42. The molecule has 60 valence electrons. The number of carbonyl (C=O) groups is 1. The Balaban J connectivity index is 3.95. The summed E-state index contributed by atoms with van der Waals surface area (Å²) < 4.78 is 0. The van der Waals surface area contributed by atoms with Gasteiger partial charge in [-0.15, -0.1) is 0 Å². The number of nitrogens with two attached hydrogens (primary N) is 1. The average molecular weight is 145 g/mol. The molecule has 0 radical (unpaired) electrons. The van der Waals surface area contributed by atoms with E-state index in [4.69, 9.17) is 10.8 Å². The summed E-state index contributed by atoms with van der Waals surface area (Å²) in [7, 11) is 0. The summed E-state index contributed by atoms with van der Waals surface area (Å²) in [6, 6.07) is -0.722. The summed E-state index contributed by atoms with van der Waals surface area (Å²) in [6.45, 7) is 5.06. The Morgan fingerprint density at radius 1 is 1.40 bits per heavy atom. The first-order chi connectivity index (χ1) is 4.46. The van der Waals surface area contributed by atoms with E-state index in [2.05, 4.69) is 0 Å². The van der Waals surface area contributed by atoms with Crippen LogP contribution >= 0.6 is 0 Å². The number of carbonyl (C=O) groups excluding carboxylic acids is 1. The van der Waals surface area contributed by atoms with E-state index in [0.29, 0.717) is 0 Å². The molecule has 2 atom stereocenters. The minimum absolute atomic E-state index is 0.0880. The number of aliphatic hydroxyl groups excluding tert-OH is 1. The molecule has 0 fully saturated rings. The summed E-state index contributed by atoms with van der Waals surface area (Å²) >= 11 is 0. The van der Waals surface area contributed by atoms with Crippen molar-refractivity contribution < 1.29 is 9.90 Å². The number of hydrogen-bond donors (Lipinski definition) is 2. The Kier molecular flexibility index (Phi) is 3.53. The van der Waals surface area contributed by atoms with Gasteiger partial charge in [0.05, 0.1) is 12.1 Å². The van der Waals surface area contributed by atoms with E-state index in [1.165, 1.54) is 6.92 Å². The highest BCUT2D eigenvalue weighted by Crippen LogP contribution is 2.00. The first kappa shape index (κ1) is 9.59. The van der Waals surface area contributed by atoms with Gasteiger partial charge in [-0.1, -0.05) is 13.8 Å². The van der Waals surface area contributed by atoms with Crippen LogP contribution in [0.15, 0.2) is 0 Å². The molecule has 0 aliphatic carbocycles. The van der Waals surface area contributed by atoms with Crippen LogP contribution in [0.5, 0.6) is 0 Å². The van der Waals surface area contributed by atoms with Crippen molar-refractivity contribution in [2.24, 2.45) is 11.7 Å². The number of rotatable bonds is 3. The maximum atomic E-state index is 11.0. The maximum Gasteiger partial charge on any atom is 0.154 e. The minimum Gasteiger partial charge on any atom is -0.391 e. The van der Waals surface area contributed by atoms with Crippen molar-refractivity contribution in [2.75, 3.05) is 0 Å². The van der Waals surface area contributed by atoms with Gasteiger partial charge >= 0.3 is 0 Å². The second-order valence-corrected chi connectivity index (χ2v) is 2.82. The number of aliphatic hydroxyl groups is 1. The fourth-order valence-electron chi connectivity index (χ4n) is 0.623. The molecule has 3 N–H and O–H groups in total. The second kappa shape index (κ2) is 3.68. The Labute approximate surface area is 61.2 Å². The van der Waals surface area contributed by atoms with Crippen LogP contribution in [0.4, 0.5) is 0 Å². The van der Waals surface area contributed by atoms with Gasteiger partial charge < -0.3 is 10.8 Å². The van der Waals surface area contributed by atoms with Crippen LogP contribution < -0.4 is 5.73 Å². The molecule has 0 rings (SSSR count). The van der Waals surface area contributed by atoms with Crippen LogP contribution in [-0.2, 0) is 4.79 Å². The molecule has 0 aromatic carbocycles. The van der Waals surface area contributed by atoms with Gasteiger partial charge in [0.25, 0.3) is 0 Å². The number of hydrogen-bond acceptors (Lipinski definition) is 3. The van der Waals surface area contributed by atoms with Crippen LogP contribution in [0.1, 0.15) is 20.8 Å². The second-order valence-electron chi connectivity index (χ2n) is 2.82. The molecule has 0 bridgehead atoms. The molecule has 0 aromatic heterocycles. The highest BCUT2D eigenvalue weighted by atomic mass is 16.3. The largest absolute Gasteiger partial charge is 0.391 e. The van der Waals surface area contributed by atoms with Crippen LogP contribution in [0.25, 0.3) is 0 Å². The third-order valence-corrected chi connectivity index (χ3v) is 1.42. The lowest BCUT2D eigenvalue weighted by Crippen LogP contribution is -2.42. The molecule has 0 aliphatic heterocycles. The lowest BCUT2D eigenvalue weighted by atomic mass is 9.99. The predicted molar refractivity (Wildman–Crippen MR) is 39.5 cm³/mol. The first-order valence-corrected chi connectivity index (χ1v) is 3.44. The summed E-state index contributed by atoms with van der Waals surface area (Å²) in [5.74, 6) is -0.181. The third kappa shape index (κ3) is 2.45. The van der Waals surface area contributed by atoms with E-state index in [1.54, 1.807) is 13.8 Å². The maximum absolute atomic E-state index is 11.0. The standard InChI is InChI=1S/C7H15NO2/c1-4(2)7(10)6(8)5(3)9/h4-6,9H,8H2,1-3H3/t5?,6-/m0/s1. The van der Waals surface area contributed by atoms with Crippen LogP contribution in [0, 0.1) is 5.92 Å². The molecular formula is C7H15NO2. The highest BCUT2D eigenvalue weighted by Gasteiger charge is 2.20. The van der Waals surface area contributed by atoms with Gasteiger partial charge in [0.2, 0.25) is 0 Å². The van der Waals surface area contributed by atoms with Crippen molar-refractivity contribution in [3.8, 4) is 0 Å². The SMILES string of the molecule is CC(C)C(=O)[C@@H](N)C(C)O. The van der Waals surface area contributed by atoms with Crippen molar-refractivity contribution in [1.29, 1.82) is 0 Å². The zero-order chi connectivity index (χ0) is 8.31. The molecule has 1 unspecified atom stereocenters. The first-order valence-electron chi connectivity index (χ1n) is 3.44. The predicted octanol–water partition coefficient (Wildman–Crippen LogP) is -0.0804. The number of Topliss-reactive ketones (excluding diaryl/α,β-unsaturated/α-hetero) is 1. The molecule has 10 heavy (non-hydrogen) atoms. The molecule has 3 nitrogen and oxygen atoms in total. The monoisotopic (exact) mass is 145 g/mol. The fraction of sp³-hybridized carbons (Fsp3) is 0.857. The average Bonchev–Trinajstić information content (AvgIpc) is 1.84. The molecule has 0 aromatic rings. The molecule has 3 heteroatoms. The van der Waals surface area contributed by atoms with Gasteiger partial charge in [0.1, 0.15) is 0 Å². The van der Waals surface area contributed by atoms with Crippen molar-refractivity contribution in [3.63, 3.8) is 0 Å². The quantitative estimate of drug-likeness (QED) is 0.584. The lowest BCUT2D eigenvalue weighted by Gasteiger charge is -2.14. The van der Waals surface area contributed by atoms with Crippen molar-refractivity contribution in [3.05, 3.63) is 0 Å². The van der Waals surface area contributed by atoms with Crippen LogP contribution in [-0.4, -0.2) is 23.0 Å². The molecule has 0 saturated carbocycles. The van der Waals surface area contributed by atoms with Gasteiger partial charge in [-0.25, -0.2) is 0 Å². The van der Waals surface area contributed by atoms with Crippen molar-refractivity contribution in [1.82, 2.24) is 0 Å². The fourth-order valence-corrected chi connectivity index (χ4v) is 0.623. The Hall–Kier alpha value is -0.410. The van der Waals surface area contributed by atoms with Gasteiger partial charge in [-0.3, -0.25) is 4.79 Å². The summed E-state index contributed by atoms with van der Waals surface area (Å²) in [4.78, 5) is 11.0. The molecule has 0 aliphatic rings. The Bertz CT molecular complexity index is 121. The molecular weight excluding hydrogens is 130 g/mol. The van der Waals surface area contributed by atoms with E-state index in [9.17, 15) is 4.79 Å². The van der Waals surface area contributed by atoms with Gasteiger partial charge in [-0.2, -0.15) is 0 Å². The molecule has 0 amide bonds. The summed E-state index contributed by atoms with van der Waals surface area (Å²) in [5, 5.41) is 8.89. The van der Waals surface area contributed by atoms with Crippen molar-refractivity contribution in [2.45, 2.75) is 32.9 Å². The summed E-state index contributed by atoms with van der Waals surface area (Å²) in [6.07, 6.45) is -0.741. The molecule has 0 heterocycles. The van der Waals surface area contributed by atoms with E-state index in [1.807, 2.05) is 0 Å². The zero-order valence-corrected chi connectivity index (χ0v) is 6.66. The summed E-state index contributed by atoms with van der Waals surface area (Å²) in [5.41, 5.74) is 5.36. The smallest absolute Gasteiger partial charge is 0.154 e. The van der Waals surface area contributed by atoms with Crippen LogP contribution in [0.3, 0.4) is 0 Å². The van der Waals surface area contributed by atoms with E-state index in [0.717, 1.165) is 0 Å². The molecule has 0 spiro atoms. The Morgan fingerprint density at radius 3 is 1.90 bits per heavy atom. The number of ketones is 1. The van der Waals surface area contributed by atoms with E-state index in [-0.39, 0.29) is 11.7 Å². The van der Waals surface area contributed by atoms with E-state index >= 15 is 0 Å². The zero-order valence-electron chi connectivity index (χ0n) is 6.66. The van der Waals surface area contributed by atoms with Gasteiger partial charge in [0, 0.05) is 5.92 Å². The normalized spacial score (nSPS) is 17.0.